The molecule has 0 bridgehead atoms. The van der Waals surface area contributed by atoms with Gasteiger partial charge in [-0.1, -0.05) is 35.8 Å². The number of rotatable bonds is 2. The summed E-state index contributed by atoms with van der Waals surface area (Å²) in [5, 5.41) is 80.1. The molecule has 4 aliphatic rings. The van der Waals surface area contributed by atoms with Crippen LogP contribution in [-0.4, -0.2) is 128 Å². The van der Waals surface area contributed by atoms with Gasteiger partial charge in [0.2, 0.25) is 0 Å². The van der Waals surface area contributed by atoms with E-state index in [2.05, 4.69) is 23.7 Å². The molecule has 2 unspecified atom stereocenters. The van der Waals surface area contributed by atoms with Gasteiger partial charge >= 0.3 is 0 Å². The topological polar surface area (TPSA) is 190 Å². The van der Waals surface area contributed by atoms with Gasteiger partial charge in [0.25, 0.3) is 0 Å². The molecule has 1 aliphatic carbocycles. The van der Waals surface area contributed by atoms with Crippen molar-refractivity contribution in [3.05, 3.63) is 58.7 Å². The average Bonchev–Trinajstić information content (AvgIpc) is 3.29. The van der Waals surface area contributed by atoms with Crippen LogP contribution in [0.25, 0.3) is 11.1 Å². The molecule has 2 aromatic carbocycles. The van der Waals surface area contributed by atoms with Crippen LogP contribution in [0.15, 0.2) is 36.4 Å². The first-order chi connectivity index (χ1) is 21.2. The lowest BCUT2D eigenvalue weighted by Gasteiger charge is -2.37. The summed E-state index contributed by atoms with van der Waals surface area (Å²) in [5.41, 5.74) is 5.22. The second-order valence-corrected chi connectivity index (χ2v) is 11.8. The molecule has 3 saturated heterocycles. The Morgan fingerprint density at radius 3 is 1.45 bits per heavy atom. The molecule has 0 radical (unpaired) electrons. The van der Waals surface area contributed by atoms with E-state index in [1.54, 1.807) is 0 Å². The van der Waals surface area contributed by atoms with E-state index in [-0.39, 0.29) is 5.41 Å². The van der Waals surface area contributed by atoms with Gasteiger partial charge in [-0.25, -0.2) is 0 Å². The fourth-order valence-corrected chi connectivity index (χ4v) is 6.66. The Hall–Kier alpha value is -2.88. The maximum absolute atomic E-state index is 10.4. The van der Waals surface area contributed by atoms with E-state index < -0.39 is 74.3 Å². The number of hydrogen-bond acceptors (Lipinski definition) is 11. The minimum Gasteiger partial charge on any atom is -0.394 e. The van der Waals surface area contributed by atoms with E-state index in [9.17, 15) is 40.9 Å². The molecule has 234 valence electrons. The van der Waals surface area contributed by atoms with Crippen molar-refractivity contribution in [2.24, 2.45) is 0 Å². The molecule has 1 spiro atoms. The predicted molar refractivity (Wildman–Crippen MR) is 154 cm³/mol. The van der Waals surface area contributed by atoms with Crippen molar-refractivity contribution in [2.45, 2.75) is 79.3 Å². The quantitative estimate of drug-likeness (QED) is 0.179. The highest BCUT2D eigenvalue weighted by atomic mass is 16.5. The van der Waals surface area contributed by atoms with Crippen LogP contribution in [0.3, 0.4) is 0 Å². The fourth-order valence-electron chi connectivity index (χ4n) is 6.66. The molecular weight excluding hydrogens is 572 g/mol. The molecule has 3 aliphatic heterocycles. The molecular formula is C33H36O11. The third-order valence-corrected chi connectivity index (χ3v) is 9.21. The van der Waals surface area contributed by atoms with Crippen molar-refractivity contribution in [1.29, 1.82) is 0 Å². The number of aliphatic hydroxyl groups excluding tert-OH is 8. The molecule has 10 atom stereocenters. The number of fused-ring (bicyclic) bond motifs is 5. The van der Waals surface area contributed by atoms with Crippen LogP contribution in [0.1, 0.15) is 35.1 Å². The van der Waals surface area contributed by atoms with Crippen LogP contribution < -0.4 is 0 Å². The summed E-state index contributed by atoms with van der Waals surface area (Å²) < 4.78 is 16.8. The van der Waals surface area contributed by atoms with Crippen molar-refractivity contribution in [1.82, 2.24) is 0 Å². The zero-order valence-corrected chi connectivity index (χ0v) is 23.8. The van der Waals surface area contributed by atoms with E-state index in [0.717, 1.165) is 35.1 Å². The largest absolute Gasteiger partial charge is 0.394 e. The van der Waals surface area contributed by atoms with Gasteiger partial charge in [-0.2, -0.15) is 0 Å². The molecule has 3 heterocycles. The first-order valence-corrected chi connectivity index (χ1v) is 14.7. The van der Waals surface area contributed by atoms with Crippen molar-refractivity contribution in [3.8, 4) is 34.8 Å². The van der Waals surface area contributed by atoms with E-state index in [4.69, 9.17) is 14.2 Å². The standard InChI is InChI=1S/C33H36O11/c34-15-25-29(38)31(40)27(36)23(43-25)7-3-17-1-5-19-20-6-2-18(4-8-24-28(37)32(41)30(39)26(16-35)44-24)14-22(20)33(21(19)13-17)9-11-42-12-10-33/h1-2,5-6,13-14,23-32,34-41H,9-12,15-16H2/t23-,24-,25-,26-,27-,28-,29-,30-,31?,32?/m1/s1. The molecule has 0 saturated carbocycles. The summed E-state index contributed by atoms with van der Waals surface area (Å²) in [6.07, 6.45) is -11.6. The summed E-state index contributed by atoms with van der Waals surface area (Å²) in [5.74, 6) is 11.8. The summed E-state index contributed by atoms with van der Waals surface area (Å²) in [6, 6.07) is 11.7. The van der Waals surface area contributed by atoms with Crippen LogP contribution >= 0.6 is 0 Å². The average molecular weight is 609 g/mol. The Labute approximate surface area is 254 Å². The Kier molecular flexibility index (Phi) is 8.83. The molecule has 2 aromatic rings. The minimum atomic E-state index is -1.50. The summed E-state index contributed by atoms with van der Waals surface area (Å²) in [4.78, 5) is 0. The van der Waals surface area contributed by atoms with Crippen LogP contribution in [-0.2, 0) is 19.6 Å². The SMILES string of the molecule is OC[C@H]1O[C@H](C#Cc2ccc3c(c2)C2(CCOCC2)c2cc(C#C[C@H]4O[C@H](CO)[C@@H](O)C(O)[C@@H]4O)ccc2-3)[C@@H](O)C(O)[C@@H]1O. The lowest BCUT2D eigenvalue weighted by molar-refractivity contribution is -0.214. The van der Waals surface area contributed by atoms with E-state index in [1.165, 1.54) is 0 Å². The van der Waals surface area contributed by atoms with Crippen LogP contribution in [0, 0.1) is 23.7 Å². The van der Waals surface area contributed by atoms with Gasteiger partial charge < -0.3 is 55.1 Å². The number of ether oxygens (including phenoxy) is 3. The van der Waals surface area contributed by atoms with Crippen LogP contribution in [0.2, 0.25) is 0 Å². The molecule has 8 N–H and O–H groups in total. The molecule has 11 heteroatoms. The van der Waals surface area contributed by atoms with E-state index in [1.807, 2.05) is 36.4 Å². The zero-order chi connectivity index (χ0) is 31.2. The summed E-state index contributed by atoms with van der Waals surface area (Å²) >= 11 is 0. The van der Waals surface area contributed by atoms with Gasteiger partial charge in [0.1, 0.15) is 61.0 Å². The molecule has 0 amide bonds. The lowest BCUT2D eigenvalue weighted by atomic mass is 9.72. The Balaban J connectivity index is 1.31. The van der Waals surface area contributed by atoms with Crippen LogP contribution in [0.4, 0.5) is 0 Å². The Bertz CT molecular complexity index is 1390. The van der Waals surface area contributed by atoms with Gasteiger partial charge in [-0.15, -0.1) is 0 Å². The van der Waals surface area contributed by atoms with Gasteiger partial charge in [-0.05, 0) is 59.4 Å². The number of hydrogen-bond donors (Lipinski definition) is 8. The lowest BCUT2D eigenvalue weighted by Crippen LogP contribution is -2.58. The molecule has 44 heavy (non-hydrogen) atoms. The Morgan fingerprint density at radius 1 is 0.614 bits per heavy atom. The summed E-state index contributed by atoms with van der Waals surface area (Å²) in [6.45, 7) is 0.0558. The van der Waals surface area contributed by atoms with Crippen molar-refractivity contribution in [3.63, 3.8) is 0 Å². The van der Waals surface area contributed by atoms with Gasteiger partial charge in [0.15, 0.2) is 0 Å². The van der Waals surface area contributed by atoms with Gasteiger partial charge in [0.05, 0.1) is 13.2 Å². The van der Waals surface area contributed by atoms with Gasteiger partial charge in [0, 0.05) is 29.8 Å². The first kappa shape index (κ1) is 31.1. The van der Waals surface area contributed by atoms with Crippen molar-refractivity contribution < 1.29 is 55.1 Å². The third kappa shape index (κ3) is 5.35. The molecule has 0 aromatic heterocycles. The normalized spacial score (nSPS) is 35.5. The van der Waals surface area contributed by atoms with Crippen molar-refractivity contribution >= 4 is 0 Å². The maximum Gasteiger partial charge on any atom is 0.147 e. The number of benzene rings is 2. The molecule has 6 rings (SSSR count). The Morgan fingerprint density at radius 2 is 1.05 bits per heavy atom. The molecule has 11 nitrogen and oxygen atoms in total. The van der Waals surface area contributed by atoms with Crippen LogP contribution in [0.5, 0.6) is 0 Å². The minimum absolute atomic E-state index is 0.370. The van der Waals surface area contributed by atoms with E-state index in [0.29, 0.717) is 24.3 Å². The fraction of sp³-hybridized carbons (Fsp3) is 0.515. The zero-order valence-electron chi connectivity index (χ0n) is 23.8. The predicted octanol–water partition coefficient (Wildman–Crippen LogP) is -1.85. The highest BCUT2D eigenvalue weighted by molar-refractivity contribution is 5.82. The second kappa shape index (κ2) is 12.5. The summed E-state index contributed by atoms with van der Waals surface area (Å²) in [7, 11) is 0. The monoisotopic (exact) mass is 608 g/mol. The van der Waals surface area contributed by atoms with E-state index >= 15 is 0 Å². The maximum atomic E-state index is 10.4. The third-order valence-electron chi connectivity index (χ3n) is 9.21. The second-order valence-electron chi connectivity index (χ2n) is 11.8. The van der Waals surface area contributed by atoms with Gasteiger partial charge in [-0.3, -0.25) is 0 Å². The molecule has 3 fully saturated rings. The highest BCUT2D eigenvalue weighted by Crippen LogP contribution is 2.54. The van der Waals surface area contributed by atoms with Crippen molar-refractivity contribution in [2.75, 3.05) is 26.4 Å². The highest BCUT2D eigenvalue weighted by Gasteiger charge is 2.46. The first-order valence-electron chi connectivity index (χ1n) is 14.7. The smallest absolute Gasteiger partial charge is 0.147 e. The number of aliphatic hydroxyl groups is 8.